The van der Waals surface area contributed by atoms with Gasteiger partial charge in [-0.1, -0.05) is 90.7 Å². The van der Waals surface area contributed by atoms with Crippen LogP contribution in [-0.2, 0) is 0 Å². The normalized spacial score (nSPS) is 14.5. The van der Waals surface area contributed by atoms with Crippen molar-refractivity contribution in [3.63, 3.8) is 0 Å². The highest BCUT2D eigenvalue weighted by Gasteiger charge is 2.09. The van der Waals surface area contributed by atoms with Crippen LogP contribution in [-0.4, -0.2) is 25.0 Å². The lowest BCUT2D eigenvalue weighted by atomic mass is 9.98. The zero-order valence-corrected chi connectivity index (χ0v) is 18.4. The quantitative estimate of drug-likeness (QED) is 0.178. The molecule has 0 aromatic heterocycles. The Labute approximate surface area is 160 Å². The van der Waals surface area contributed by atoms with Gasteiger partial charge in [0.2, 0.25) is 0 Å². The van der Waals surface area contributed by atoms with E-state index in [2.05, 4.69) is 51.9 Å². The molecule has 0 heterocycles. The lowest BCUT2D eigenvalue weighted by molar-refractivity contribution is 0.256. The van der Waals surface area contributed by atoms with Crippen molar-refractivity contribution in [1.82, 2.24) is 4.90 Å². The maximum atomic E-state index is 2.43. The zero-order chi connectivity index (χ0) is 18.8. The zero-order valence-electron chi connectivity index (χ0n) is 18.4. The second-order valence-corrected chi connectivity index (χ2v) is 8.40. The van der Waals surface area contributed by atoms with Gasteiger partial charge in [0.15, 0.2) is 0 Å². The number of hydrogen-bond acceptors (Lipinski definition) is 1. The Balaban J connectivity index is 3.40. The van der Waals surface area contributed by atoms with Crippen LogP contribution < -0.4 is 0 Å². The van der Waals surface area contributed by atoms with E-state index in [-0.39, 0.29) is 0 Å². The fourth-order valence-corrected chi connectivity index (χ4v) is 3.67. The third kappa shape index (κ3) is 16.9. The van der Waals surface area contributed by atoms with Crippen LogP contribution in [0, 0.1) is 5.92 Å². The van der Waals surface area contributed by atoms with Gasteiger partial charge in [0.1, 0.15) is 0 Å². The van der Waals surface area contributed by atoms with E-state index in [1.54, 1.807) is 0 Å². The molecular weight excluding hydrogens is 302 g/mol. The van der Waals surface area contributed by atoms with E-state index in [1.807, 2.05) is 0 Å². The predicted molar refractivity (Wildman–Crippen MR) is 116 cm³/mol. The van der Waals surface area contributed by atoms with Crippen molar-refractivity contribution in [3.05, 3.63) is 12.2 Å². The highest BCUT2D eigenvalue weighted by molar-refractivity contribution is 4.82. The summed E-state index contributed by atoms with van der Waals surface area (Å²) in [4.78, 5) is 2.42. The first-order valence-electron chi connectivity index (χ1n) is 11.4. The molecule has 0 bridgehead atoms. The average molecular weight is 352 g/mol. The van der Waals surface area contributed by atoms with Gasteiger partial charge in [0.05, 0.1) is 0 Å². The fourth-order valence-electron chi connectivity index (χ4n) is 3.67. The van der Waals surface area contributed by atoms with Crippen molar-refractivity contribution in [2.24, 2.45) is 5.92 Å². The van der Waals surface area contributed by atoms with Crippen LogP contribution in [0.1, 0.15) is 117 Å². The largest absolute Gasteiger partial charge is 0.306 e. The molecule has 0 aliphatic heterocycles. The summed E-state index contributed by atoms with van der Waals surface area (Å²) in [6.45, 7) is 7.02. The molecule has 0 aromatic rings. The van der Waals surface area contributed by atoms with Gasteiger partial charge in [0.25, 0.3) is 0 Å². The fraction of sp³-hybridized carbons (Fsp3) is 0.917. The van der Waals surface area contributed by atoms with Gasteiger partial charge in [0, 0.05) is 6.04 Å². The summed E-state index contributed by atoms with van der Waals surface area (Å²) in [6, 6.07) is 0.803. The Morgan fingerprint density at radius 3 is 1.96 bits per heavy atom. The molecule has 1 heteroatoms. The van der Waals surface area contributed by atoms with Crippen molar-refractivity contribution in [1.29, 1.82) is 0 Å². The van der Waals surface area contributed by atoms with Crippen molar-refractivity contribution in [2.75, 3.05) is 14.1 Å². The first-order chi connectivity index (χ1) is 12.1. The smallest absolute Gasteiger partial charge is 0.00890 e. The third-order valence-corrected chi connectivity index (χ3v) is 5.55. The first kappa shape index (κ1) is 24.7. The Bertz CT molecular complexity index is 282. The second kappa shape index (κ2) is 18.5. The van der Waals surface area contributed by atoms with Crippen LogP contribution in [0.4, 0.5) is 0 Å². The molecule has 0 radical (unpaired) electrons. The van der Waals surface area contributed by atoms with Gasteiger partial charge in [-0.2, -0.15) is 0 Å². The number of rotatable bonds is 18. The third-order valence-electron chi connectivity index (χ3n) is 5.55. The summed E-state index contributed by atoms with van der Waals surface area (Å²) in [5, 5.41) is 0. The maximum Gasteiger partial charge on any atom is 0.00890 e. The number of nitrogens with zero attached hydrogens (tertiary/aromatic N) is 1. The molecule has 1 nitrogen and oxygen atoms in total. The van der Waals surface area contributed by atoms with E-state index in [9.17, 15) is 0 Å². The molecule has 0 aromatic carbocycles. The molecule has 25 heavy (non-hydrogen) atoms. The molecule has 150 valence electrons. The molecular formula is C24H49N. The lowest BCUT2D eigenvalue weighted by Crippen LogP contribution is -2.27. The summed E-state index contributed by atoms with van der Waals surface area (Å²) in [6.07, 6.45) is 25.6. The molecule has 0 amide bonds. The van der Waals surface area contributed by atoms with Gasteiger partial charge < -0.3 is 4.90 Å². The minimum atomic E-state index is 0.803. The first-order valence-corrected chi connectivity index (χ1v) is 11.4. The average Bonchev–Trinajstić information content (AvgIpc) is 2.58. The van der Waals surface area contributed by atoms with E-state index in [0.717, 1.165) is 12.0 Å². The minimum Gasteiger partial charge on any atom is -0.306 e. The van der Waals surface area contributed by atoms with Crippen molar-refractivity contribution >= 4 is 0 Å². The van der Waals surface area contributed by atoms with Crippen LogP contribution in [0.25, 0.3) is 0 Å². The molecule has 2 atom stereocenters. The Morgan fingerprint density at radius 1 is 0.640 bits per heavy atom. The Hall–Kier alpha value is -0.300. The van der Waals surface area contributed by atoms with Gasteiger partial charge >= 0.3 is 0 Å². The van der Waals surface area contributed by atoms with Crippen molar-refractivity contribution in [3.8, 4) is 0 Å². The Kier molecular flexibility index (Phi) is 18.3. The molecule has 0 aliphatic rings. The molecule has 0 N–H and O–H groups in total. The van der Waals surface area contributed by atoms with Crippen LogP contribution in [0.2, 0.25) is 0 Å². The topological polar surface area (TPSA) is 3.24 Å². The van der Waals surface area contributed by atoms with E-state index < -0.39 is 0 Å². The SMILES string of the molecule is CCCCCC(C)CC/C=C\CCCCCCCC(CCC)N(C)C. The number of allylic oxidation sites excluding steroid dienone is 2. The highest BCUT2D eigenvalue weighted by Crippen LogP contribution is 2.16. The van der Waals surface area contributed by atoms with Gasteiger partial charge in [-0.15, -0.1) is 0 Å². The number of unbranched alkanes of at least 4 members (excludes halogenated alkanes) is 7. The van der Waals surface area contributed by atoms with Crippen LogP contribution in [0.15, 0.2) is 12.2 Å². The summed E-state index contributed by atoms with van der Waals surface area (Å²) in [7, 11) is 4.47. The van der Waals surface area contributed by atoms with E-state index in [0.29, 0.717) is 0 Å². The predicted octanol–water partition coefficient (Wildman–Crippen LogP) is 8.00. The molecule has 0 spiro atoms. The van der Waals surface area contributed by atoms with Crippen LogP contribution in [0.5, 0.6) is 0 Å². The molecule has 0 fully saturated rings. The summed E-state index contributed by atoms with van der Waals surface area (Å²) in [5.74, 6) is 0.912. The number of hydrogen-bond donors (Lipinski definition) is 0. The summed E-state index contributed by atoms with van der Waals surface area (Å²) >= 11 is 0. The monoisotopic (exact) mass is 351 g/mol. The standard InChI is InChI=1S/C24H49N/c1-6-8-16-20-23(3)21-17-14-12-10-9-11-13-15-18-22-24(19-7-2)25(4)5/h12,14,23-24H,6-11,13,15-22H2,1-5H3/b14-12-. The second-order valence-electron chi connectivity index (χ2n) is 8.40. The molecule has 0 saturated heterocycles. The van der Waals surface area contributed by atoms with Gasteiger partial charge in [-0.25, -0.2) is 0 Å². The van der Waals surface area contributed by atoms with Crippen LogP contribution in [0.3, 0.4) is 0 Å². The van der Waals surface area contributed by atoms with E-state index in [1.165, 1.54) is 96.3 Å². The highest BCUT2D eigenvalue weighted by atomic mass is 15.1. The van der Waals surface area contributed by atoms with Crippen molar-refractivity contribution in [2.45, 2.75) is 123 Å². The maximum absolute atomic E-state index is 2.43. The van der Waals surface area contributed by atoms with E-state index in [4.69, 9.17) is 0 Å². The minimum absolute atomic E-state index is 0.803. The van der Waals surface area contributed by atoms with Gasteiger partial charge in [-0.3, -0.25) is 0 Å². The lowest BCUT2D eigenvalue weighted by Gasteiger charge is -2.23. The van der Waals surface area contributed by atoms with Crippen LogP contribution >= 0.6 is 0 Å². The summed E-state index contributed by atoms with van der Waals surface area (Å²) < 4.78 is 0. The molecule has 0 saturated carbocycles. The van der Waals surface area contributed by atoms with Gasteiger partial charge in [-0.05, 0) is 58.5 Å². The van der Waals surface area contributed by atoms with E-state index >= 15 is 0 Å². The molecule has 0 rings (SSSR count). The molecule has 2 unspecified atom stereocenters. The molecule has 0 aliphatic carbocycles. The van der Waals surface area contributed by atoms with Crippen molar-refractivity contribution < 1.29 is 0 Å². The summed E-state index contributed by atoms with van der Waals surface area (Å²) in [5.41, 5.74) is 0. The Morgan fingerprint density at radius 2 is 1.28 bits per heavy atom.